The molecule has 0 fully saturated rings. The van der Waals surface area contributed by atoms with Gasteiger partial charge in [-0.1, -0.05) is 17.7 Å². The summed E-state index contributed by atoms with van der Waals surface area (Å²) in [4.78, 5) is 13.6. The van der Waals surface area contributed by atoms with Gasteiger partial charge in [0.2, 0.25) is 0 Å². The summed E-state index contributed by atoms with van der Waals surface area (Å²) in [7, 11) is 0. The van der Waals surface area contributed by atoms with Crippen molar-refractivity contribution in [2.24, 2.45) is 0 Å². The number of aromatic nitrogens is 2. The Balaban J connectivity index is 1.55. The third-order valence-corrected chi connectivity index (χ3v) is 4.99. The first kappa shape index (κ1) is 17.3. The Morgan fingerprint density at radius 2 is 2.26 bits per heavy atom. The van der Waals surface area contributed by atoms with E-state index in [0.717, 1.165) is 17.0 Å². The second-order valence-electron chi connectivity index (χ2n) is 6.23. The van der Waals surface area contributed by atoms with E-state index in [1.807, 2.05) is 16.0 Å². The molecule has 0 bridgehead atoms. The van der Waals surface area contributed by atoms with Crippen LogP contribution in [0, 0.1) is 17.1 Å². The lowest BCUT2D eigenvalue weighted by atomic mass is 10.1. The van der Waals surface area contributed by atoms with E-state index in [0.29, 0.717) is 37.3 Å². The van der Waals surface area contributed by atoms with Gasteiger partial charge < -0.3 is 10.3 Å². The number of hydrogen-bond donors (Lipinski definition) is 3. The van der Waals surface area contributed by atoms with Gasteiger partial charge in [0.15, 0.2) is 0 Å². The number of halogens is 2. The Kier molecular flexibility index (Phi) is 4.43. The fraction of sp³-hybridized carbons (Fsp3) is 0.235. The summed E-state index contributed by atoms with van der Waals surface area (Å²) in [6.07, 6.45) is 2.23. The number of nitriles is 1. The van der Waals surface area contributed by atoms with Crippen LogP contribution in [0.2, 0.25) is 5.02 Å². The molecule has 1 aromatic carbocycles. The van der Waals surface area contributed by atoms with E-state index in [1.54, 1.807) is 6.07 Å². The number of anilines is 1. The van der Waals surface area contributed by atoms with E-state index in [2.05, 4.69) is 21.2 Å². The zero-order valence-corrected chi connectivity index (χ0v) is 14.8. The lowest BCUT2D eigenvalue weighted by Gasteiger charge is -2.31. The number of benzene rings is 1. The van der Waals surface area contributed by atoms with Crippen LogP contribution in [-0.2, 0) is 6.54 Å². The van der Waals surface area contributed by atoms with Gasteiger partial charge in [0.1, 0.15) is 10.8 Å². The minimum atomic E-state index is -0.431. The van der Waals surface area contributed by atoms with Crippen LogP contribution < -0.4 is 21.4 Å². The Morgan fingerprint density at radius 1 is 1.41 bits per heavy atom. The summed E-state index contributed by atoms with van der Waals surface area (Å²) in [6.45, 7) is 1.60. The molecule has 3 heterocycles. The summed E-state index contributed by atoms with van der Waals surface area (Å²) in [5.41, 5.74) is 9.38. The summed E-state index contributed by atoms with van der Waals surface area (Å²) in [5.74, 6) is -0.431. The van der Waals surface area contributed by atoms with Gasteiger partial charge in [-0.2, -0.15) is 10.4 Å². The lowest BCUT2D eigenvalue weighted by molar-refractivity contribution is 0.236. The van der Waals surface area contributed by atoms with Gasteiger partial charge in [0, 0.05) is 13.0 Å². The van der Waals surface area contributed by atoms with Crippen LogP contribution in [0.4, 0.5) is 10.1 Å². The zero-order valence-electron chi connectivity index (χ0n) is 14.1. The SMILES string of the molecule is N#Cc1cc(F)ccc1CN1NNC2=C1CCN(c1cn[nH]c(=O)c1Cl)C2. The van der Waals surface area contributed by atoms with Crippen molar-refractivity contribution in [1.82, 2.24) is 26.2 Å². The predicted molar refractivity (Wildman–Crippen MR) is 96.7 cm³/mol. The largest absolute Gasteiger partial charge is 0.363 e. The van der Waals surface area contributed by atoms with Crippen LogP contribution in [0.15, 0.2) is 40.6 Å². The van der Waals surface area contributed by atoms with E-state index in [1.165, 1.54) is 18.3 Å². The number of H-pyrrole nitrogens is 1. The number of rotatable bonds is 3. The molecule has 0 aliphatic carbocycles. The second kappa shape index (κ2) is 6.90. The van der Waals surface area contributed by atoms with Crippen LogP contribution >= 0.6 is 11.6 Å². The molecule has 138 valence electrons. The molecule has 8 nitrogen and oxygen atoms in total. The van der Waals surface area contributed by atoms with Crippen LogP contribution in [0.3, 0.4) is 0 Å². The summed E-state index contributed by atoms with van der Waals surface area (Å²) in [5, 5.41) is 17.4. The standard InChI is InChI=1S/C17H15ClFN7O/c18-16-15(7-21-23-17(16)27)25-4-3-14-13(9-25)22-24-26(14)8-10-1-2-12(19)5-11(10)6-20/h1-2,5,7,22,24H,3-4,8-9H2,(H,23,27). The molecule has 2 aromatic rings. The molecule has 2 aliphatic rings. The maximum atomic E-state index is 13.3. The van der Waals surface area contributed by atoms with Crippen LogP contribution in [0.1, 0.15) is 17.5 Å². The molecule has 0 atom stereocenters. The maximum Gasteiger partial charge on any atom is 0.285 e. The van der Waals surface area contributed by atoms with Crippen LogP contribution in [0.25, 0.3) is 0 Å². The fourth-order valence-electron chi connectivity index (χ4n) is 3.26. The highest BCUT2D eigenvalue weighted by Gasteiger charge is 2.29. The highest BCUT2D eigenvalue weighted by molar-refractivity contribution is 6.33. The fourth-order valence-corrected chi connectivity index (χ4v) is 3.47. The topological polar surface area (TPSA) is 100 Å². The van der Waals surface area contributed by atoms with Crippen molar-refractivity contribution in [3.8, 4) is 6.07 Å². The molecule has 0 amide bonds. The molecule has 27 heavy (non-hydrogen) atoms. The van der Waals surface area contributed by atoms with Crippen molar-refractivity contribution < 1.29 is 4.39 Å². The highest BCUT2D eigenvalue weighted by atomic mass is 35.5. The third-order valence-electron chi connectivity index (χ3n) is 4.62. The quantitative estimate of drug-likeness (QED) is 0.731. The monoisotopic (exact) mass is 387 g/mol. The molecule has 0 saturated heterocycles. The molecule has 0 saturated carbocycles. The van der Waals surface area contributed by atoms with Crippen molar-refractivity contribution in [2.75, 3.05) is 18.0 Å². The van der Waals surface area contributed by atoms with E-state index < -0.39 is 11.4 Å². The molecule has 2 aliphatic heterocycles. The predicted octanol–water partition coefficient (Wildman–Crippen LogP) is 1.38. The van der Waals surface area contributed by atoms with Crippen molar-refractivity contribution in [2.45, 2.75) is 13.0 Å². The van der Waals surface area contributed by atoms with E-state index in [-0.39, 0.29) is 5.02 Å². The third kappa shape index (κ3) is 3.20. The molecular formula is C17H15ClFN7O. The number of nitrogens with zero attached hydrogens (tertiary/aromatic N) is 4. The molecular weight excluding hydrogens is 373 g/mol. The first-order valence-corrected chi connectivity index (χ1v) is 8.62. The molecule has 4 rings (SSSR count). The van der Waals surface area contributed by atoms with Gasteiger partial charge in [-0.25, -0.2) is 9.49 Å². The average molecular weight is 388 g/mol. The van der Waals surface area contributed by atoms with Gasteiger partial charge >= 0.3 is 0 Å². The van der Waals surface area contributed by atoms with E-state index in [9.17, 15) is 14.4 Å². The maximum absolute atomic E-state index is 13.3. The average Bonchev–Trinajstić information content (AvgIpc) is 3.07. The zero-order chi connectivity index (χ0) is 19.0. The summed E-state index contributed by atoms with van der Waals surface area (Å²) >= 11 is 6.10. The van der Waals surface area contributed by atoms with Crippen LogP contribution in [0.5, 0.6) is 0 Å². The minimum absolute atomic E-state index is 0.113. The number of hydrazine groups is 2. The number of hydrogen-bond acceptors (Lipinski definition) is 7. The summed E-state index contributed by atoms with van der Waals surface area (Å²) < 4.78 is 13.3. The van der Waals surface area contributed by atoms with Crippen molar-refractivity contribution in [3.05, 3.63) is 68.1 Å². The van der Waals surface area contributed by atoms with Gasteiger partial charge in [-0.05, 0) is 17.7 Å². The Labute approximate surface area is 158 Å². The Bertz CT molecular complexity index is 1030. The van der Waals surface area contributed by atoms with Crippen molar-refractivity contribution >= 4 is 17.3 Å². The molecule has 0 spiro atoms. The molecule has 1 aromatic heterocycles. The second-order valence-corrected chi connectivity index (χ2v) is 6.61. The Hall–Kier alpha value is -3.09. The number of aromatic amines is 1. The normalized spacial score (nSPS) is 16.2. The van der Waals surface area contributed by atoms with Gasteiger partial charge in [-0.3, -0.25) is 9.80 Å². The van der Waals surface area contributed by atoms with Gasteiger partial charge in [0.05, 0.1) is 48.0 Å². The first-order valence-electron chi connectivity index (χ1n) is 8.24. The van der Waals surface area contributed by atoms with Gasteiger partial charge in [0.25, 0.3) is 5.56 Å². The van der Waals surface area contributed by atoms with Crippen LogP contribution in [-0.4, -0.2) is 28.3 Å². The lowest BCUT2D eigenvalue weighted by Crippen LogP contribution is -2.37. The highest BCUT2D eigenvalue weighted by Crippen LogP contribution is 2.29. The molecule has 0 radical (unpaired) electrons. The molecule has 3 N–H and O–H groups in total. The van der Waals surface area contributed by atoms with Crippen molar-refractivity contribution in [3.63, 3.8) is 0 Å². The van der Waals surface area contributed by atoms with E-state index >= 15 is 0 Å². The smallest absolute Gasteiger partial charge is 0.285 e. The number of nitrogens with one attached hydrogen (secondary N) is 3. The van der Waals surface area contributed by atoms with Crippen molar-refractivity contribution in [1.29, 1.82) is 5.26 Å². The molecule has 0 unspecified atom stereocenters. The first-order chi connectivity index (χ1) is 13.1. The molecule has 10 heteroatoms. The Morgan fingerprint density at radius 3 is 3.07 bits per heavy atom. The minimum Gasteiger partial charge on any atom is -0.363 e. The summed E-state index contributed by atoms with van der Waals surface area (Å²) in [6, 6.07) is 6.23. The van der Waals surface area contributed by atoms with Gasteiger partial charge in [-0.15, -0.1) is 5.53 Å². The van der Waals surface area contributed by atoms with E-state index in [4.69, 9.17) is 11.6 Å².